The van der Waals surface area contributed by atoms with Crippen molar-refractivity contribution in [1.29, 1.82) is 0 Å². The van der Waals surface area contributed by atoms with Crippen LogP contribution in [0.15, 0.2) is 33.2 Å². The van der Waals surface area contributed by atoms with Gasteiger partial charge in [0.05, 0.1) is 0 Å². The molecular formula is C10H12N4S2. The van der Waals surface area contributed by atoms with Crippen molar-refractivity contribution < 1.29 is 0 Å². The van der Waals surface area contributed by atoms with Crippen LogP contribution in [0.2, 0.25) is 0 Å². The molecule has 0 amide bonds. The van der Waals surface area contributed by atoms with Crippen molar-refractivity contribution in [2.75, 3.05) is 11.9 Å². The Balaban J connectivity index is 2.04. The summed E-state index contributed by atoms with van der Waals surface area (Å²) in [5.74, 6) is 0.684. The molecule has 0 saturated heterocycles. The SMILES string of the molecule is CCCNc1nccc(Sc2nccs2)n1. The lowest BCUT2D eigenvalue weighted by Crippen LogP contribution is -2.03. The number of aromatic nitrogens is 3. The standard InChI is InChI=1S/C10H12N4S2/c1-2-4-11-9-12-5-3-8(14-9)16-10-13-6-7-15-10/h3,5-7H,2,4H2,1H3,(H,11,12,14). The van der Waals surface area contributed by atoms with Crippen molar-refractivity contribution in [1.82, 2.24) is 15.0 Å². The minimum absolute atomic E-state index is 0.684. The highest BCUT2D eigenvalue weighted by atomic mass is 32.2. The Morgan fingerprint density at radius 3 is 3.06 bits per heavy atom. The molecule has 2 heterocycles. The molecule has 4 nitrogen and oxygen atoms in total. The summed E-state index contributed by atoms with van der Waals surface area (Å²) in [5, 5.41) is 6.04. The zero-order valence-electron chi connectivity index (χ0n) is 8.88. The van der Waals surface area contributed by atoms with Gasteiger partial charge in [-0.2, -0.15) is 0 Å². The van der Waals surface area contributed by atoms with E-state index in [1.165, 1.54) is 0 Å². The summed E-state index contributed by atoms with van der Waals surface area (Å²) >= 11 is 3.17. The van der Waals surface area contributed by atoms with Crippen LogP contribution in [-0.4, -0.2) is 21.5 Å². The van der Waals surface area contributed by atoms with E-state index in [1.54, 1.807) is 35.5 Å². The number of thiazole rings is 1. The van der Waals surface area contributed by atoms with Gasteiger partial charge in [0.15, 0.2) is 4.34 Å². The van der Waals surface area contributed by atoms with Gasteiger partial charge < -0.3 is 5.32 Å². The Bertz CT molecular complexity index is 430. The quantitative estimate of drug-likeness (QED) is 0.829. The molecule has 1 N–H and O–H groups in total. The maximum Gasteiger partial charge on any atom is 0.223 e. The fourth-order valence-electron chi connectivity index (χ4n) is 1.07. The van der Waals surface area contributed by atoms with E-state index in [1.807, 2.05) is 11.4 Å². The molecule has 2 rings (SSSR count). The molecule has 0 aliphatic heterocycles. The zero-order chi connectivity index (χ0) is 11.2. The average Bonchev–Trinajstić information content (AvgIpc) is 2.80. The second-order valence-electron chi connectivity index (χ2n) is 3.05. The minimum Gasteiger partial charge on any atom is -0.354 e. The van der Waals surface area contributed by atoms with E-state index < -0.39 is 0 Å². The van der Waals surface area contributed by atoms with Crippen LogP contribution in [0.3, 0.4) is 0 Å². The highest BCUT2D eigenvalue weighted by Crippen LogP contribution is 2.27. The Morgan fingerprint density at radius 1 is 1.38 bits per heavy atom. The molecular weight excluding hydrogens is 240 g/mol. The van der Waals surface area contributed by atoms with Crippen molar-refractivity contribution in [2.45, 2.75) is 22.7 Å². The Hall–Kier alpha value is -1.14. The summed E-state index contributed by atoms with van der Waals surface area (Å²) in [4.78, 5) is 12.8. The molecule has 0 radical (unpaired) electrons. The molecule has 0 bridgehead atoms. The third-order valence-corrected chi connectivity index (χ3v) is 3.58. The molecule has 16 heavy (non-hydrogen) atoms. The van der Waals surface area contributed by atoms with Gasteiger partial charge in [-0.05, 0) is 24.2 Å². The van der Waals surface area contributed by atoms with Crippen LogP contribution in [0.1, 0.15) is 13.3 Å². The van der Waals surface area contributed by atoms with Crippen molar-refractivity contribution in [3.05, 3.63) is 23.8 Å². The largest absolute Gasteiger partial charge is 0.354 e. The number of anilines is 1. The van der Waals surface area contributed by atoms with Gasteiger partial charge in [-0.25, -0.2) is 15.0 Å². The molecule has 84 valence electrons. The molecule has 0 aliphatic rings. The van der Waals surface area contributed by atoms with E-state index in [2.05, 4.69) is 27.2 Å². The lowest BCUT2D eigenvalue weighted by molar-refractivity contribution is 0.935. The normalized spacial score (nSPS) is 10.3. The van der Waals surface area contributed by atoms with Gasteiger partial charge in [-0.3, -0.25) is 0 Å². The predicted molar refractivity (Wildman–Crippen MR) is 67.0 cm³/mol. The summed E-state index contributed by atoms with van der Waals surface area (Å²) in [7, 11) is 0. The summed E-state index contributed by atoms with van der Waals surface area (Å²) in [6, 6.07) is 1.89. The van der Waals surface area contributed by atoms with Crippen LogP contribution in [-0.2, 0) is 0 Å². The highest BCUT2D eigenvalue weighted by Gasteiger charge is 2.02. The monoisotopic (exact) mass is 252 g/mol. The van der Waals surface area contributed by atoms with Crippen LogP contribution in [0.25, 0.3) is 0 Å². The van der Waals surface area contributed by atoms with Crippen molar-refractivity contribution >= 4 is 29.0 Å². The van der Waals surface area contributed by atoms with Crippen LogP contribution in [0.4, 0.5) is 5.95 Å². The van der Waals surface area contributed by atoms with Crippen LogP contribution in [0, 0.1) is 0 Å². The van der Waals surface area contributed by atoms with Gasteiger partial charge in [0, 0.05) is 24.3 Å². The lowest BCUT2D eigenvalue weighted by Gasteiger charge is -2.03. The fraction of sp³-hybridized carbons (Fsp3) is 0.300. The highest BCUT2D eigenvalue weighted by molar-refractivity contribution is 8.00. The molecule has 0 unspecified atom stereocenters. The summed E-state index contributed by atoms with van der Waals surface area (Å²) in [6.07, 6.45) is 4.62. The molecule has 0 saturated carbocycles. The summed E-state index contributed by atoms with van der Waals surface area (Å²) < 4.78 is 1.00. The number of nitrogens with zero attached hydrogens (tertiary/aromatic N) is 3. The first-order valence-corrected chi connectivity index (χ1v) is 6.72. The third kappa shape index (κ3) is 3.18. The second-order valence-corrected chi connectivity index (χ2v) is 5.21. The van der Waals surface area contributed by atoms with Crippen LogP contribution >= 0.6 is 23.1 Å². The summed E-state index contributed by atoms with van der Waals surface area (Å²) in [5.41, 5.74) is 0. The second kappa shape index (κ2) is 5.81. The van der Waals surface area contributed by atoms with Crippen molar-refractivity contribution in [3.8, 4) is 0 Å². The minimum atomic E-state index is 0.684. The van der Waals surface area contributed by atoms with Gasteiger partial charge in [-0.15, -0.1) is 11.3 Å². The Kier molecular flexibility index (Phi) is 4.12. The van der Waals surface area contributed by atoms with Gasteiger partial charge in [0.25, 0.3) is 0 Å². The number of rotatable bonds is 5. The zero-order valence-corrected chi connectivity index (χ0v) is 10.5. The molecule has 0 atom stereocenters. The lowest BCUT2D eigenvalue weighted by atomic mass is 10.5. The van der Waals surface area contributed by atoms with Crippen LogP contribution < -0.4 is 5.32 Å². The Morgan fingerprint density at radius 2 is 2.31 bits per heavy atom. The van der Waals surface area contributed by atoms with E-state index in [0.717, 1.165) is 22.3 Å². The fourth-order valence-corrected chi connectivity index (χ4v) is 2.60. The van der Waals surface area contributed by atoms with E-state index in [4.69, 9.17) is 0 Å². The topological polar surface area (TPSA) is 50.7 Å². The molecule has 6 heteroatoms. The van der Waals surface area contributed by atoms with Crippen molar-refractivity contribution in [2.24, 2.45) is 0 Å². The van der Waals surface area contributed by atoms with Crippen LogP contribution in [0.5, 0.6) is 0 Å². The number of hydrogen-bond acceptors (Lipinski definition) is 6. The smallest absolute Gasteiger partial charge is 0.223 e. The summed E-state index contributed by atoms with van der Waals surface area (Å²) in [6.45, 7) is 3.01. The molecule has 0 fully saturated rings. The number of nitrogens with one attached hydrogen (secondary N) is 1. The van der Waals surface area contributed by atoms with E-state index >= 15 is 0 Å². The Labute approximate surface area is 103 Å². The van der Waals surface area contributed by atoms with Crippen molar-refractivity contribution in [3.63, 3.8) is 0 Å². The molecule has 0 aromatic carbocycles. The first kappa shape index (κ1) is 11.3. The van der Waals surface area contributed by atoms with Gasteiger partial charge in [-0.1, -0.05) is 6.92 Å². The molecule has 2 aromatic heterocycles. The molecule has 0 aliphatic carbocycles. The van der Waals surface area contributed by atoms with Gasteiger partial charge >= 0.3 is 0 Å². The molecule has 0 spiro atoms. The third-order valence-electron chi connectivity index (χ3n) is 1.76. The van der Waals surface area contributed by atoms with E-state index in [0.29, 0.717) is 5.95 Å². The van der Waals surface area contributed by atoms with Gasteiger partial charge in [0.1, 0.15) is 5.03 Å². The molecule has 2 aromatic rings. The van der Waals surface area contributed by atoms with Gasteiger partial charge in [0.2, 0.25) is 5.95 Å². The average molecular weight is 252 g/mol. The first-order chi connectivity index (χ1) is 7.88. The maximum atomic E-state index is 4.39. The predicted octanol–water partition coefficient (Wildman–Crippen LogP) is 2.91. The van der Waals surface area contributed by atoms with E-state index in [9.17, 15) is 0 Å². The van der Waals surface area contributed by atoms with E-state index in [-0.39, 0.29) is 0 Å². The maximum absolute atomic E-state index is 4.39. The first-order valence-electron chi connectivity index (χ1n) is 5.02. The number of hydrogen-bond donors (Lipinski definition) is 1.